The van der Waals surface area contributed by atoms with Crippen LogP contribution in [0.5, 0.6) is 0 Å². The van der Waals surface area contributed by atoms with Gasteiger partial charge in [-0.3, -0.25) is 14.2 Å². The van der Waals surface area contributed by atoms with Crippen LogP contribution in [0.4, 0.5) is 0 Å². The van der Waals surface area contributed by atoms with E-state index in [1.165, 1.54) is 22.9 Å². The van der Waals surface area contributed by atoms with E-state index in [0.29, 0.717) is 4.57 Å². The van der Waals surface area contributed by atoms with Crippen molar-refractivity contribution in [2.75, 3.05) is 6.61 Å². The van der Waals surface area contributed by atoms with Crippen molar-refractivity contribution in [3.63, 3.8) is 0 Å². The highest BCUT2D eigenvalue weighted by molar-refractivity contribution is 14.1. The summed E-state index contributed by atoms with van der Waals surface area (Å²) in [5, 5.41) is 18.2. The summed E-state index contributed by atoms with van der Waals surface area (Å²) in [6.07, 6.45) is 0.499. The number of carbonyl (C=O) groups is 1. The molecule has 0 amide bonds. The van der Waals surface area contributed by atoms with Gasteiger partial charge in [0, 0.05) is 18.3 Å². The van der Waals surface area contributed by atoms with Crippen molar-refractivity contribution in [2.45, 2.75) is 19.1 Å². The second-order valence-electron chi connectivity index (χ2n) is 4.89. The fourth-order valence-corrected chi connectivity index (χ4v) is 2.58. The highest BCUT2D eigenvalue weighted by Gasteiger charge is 2.18. The molecule has 1 heterocycles. The Balaban J connectivity index is 2.47. The number of aliphatic hydroxyl groups is 2. The average molecular weight is 430 g/mol. The average Bonchev–Trinajstić information content (AvgIpc) is 2.57. The van der Waals surface area contributed by atoms with Crippen LogP contribution in [0, 0.1) is 3.57 Å². The molecule has 0 saturated heterocycles. The number of hydrogen-bond donors (Lipinski definition) is 2. The summed E-state index contributed by atoms with van der Waals surface area (Å²) in [5.74, 6) is -0.699. The number of carbonyl (C=O) groups excluding carboxylic acids is 1. The molecular weight excluding hydrogens is 415 g/mol. The van der Waals surface area contributed by atoms with Crippen LogP contribution in [-0.2, 0) is 6.54 Å². The van der Waals surface area contributed by atoms with E-state index in [2.05, 4.69) is 0 Å². The first-order valence-electron chi connectivity index (χ1n) is 6.86. The molecule has 0 spiro atoms. The maximum Gasteiger partial charge on any atom is 0.338 e. The molecule has 2 N–H and O–H groups in total. The molecule has 1 aromatic heterocycles. The van der Waals surface area contributed by atoms with Gasteiger partial charge in [-0.1, -0.05) is 18.2 Å². The van der Waals surface area contributed by atoms with Crippen molar-refractivity contribution in [3.8, 4) is 0 Å². The number of benzene rings is 1. The maximum absolute atomic E-state index is 12.4. The topological polar surface area (TPSA) is 102 Å². The zero-order chi connectivity index (χ0) is 17.0. The first kappa shape index (κ1) is 17.6. The number of halogens is 1. The summed E-state index contributed by atoms with van der Waals surface area (Å²) in [6, 6.07) is 8.05. The van der Waals surface area contributed by atoms with Crippen LogP contribution in [0.3, 0.4) is 0 Å². The monoisotopic (exact) mass is 430 g/mol. The Bertz CT molecular complexity index is 813. The van der Waals surface area contributed by atoms with E-state index >= 15 is 0 Å². The lowest BCUT2D eigenvalue weighted by molar-refractivity contribution is 0.0838. The van der Waals surface area contributed by atoms with Gasteiger partial charge in [0.05, 0.1) is 16.3 Å². The van der Waals surface area contributed by atoms with E-state index in [9.17, 15) is 19.5 Å². The van der Waals surface area contributed by atoms with Gasteiger partial charge in [-0.05, 0) is 41.1 Å². The number of rotatable bonds is 5. The van der Waals surface area contributed by atoms with Crippen LogP contribution < -0.4 is 11.2 Å². The molecule has 23 heavy (non-hydrogen) atoms. The lowest BCUT2D eigenvalue weighted by Gasteiger charge is -2.12. The van der Waals surface area contributed by atoms with Crippen LogP contribution in [0.1, 0.15) is 16.8 Å². The SMILES string of the molecule is O=C(c1ccccc1)n1c(=O)c(I)cn(CCC(O)CO)c1=O. The summed E-state index contributed by atoms with van der Waals surface area (Å²) >= 11 is 1.75. The fraction of sp³-hybridized carbons (Fsp3) is 0.267. The fourth-order valence-electron chi connectivity index (χ4n) is 2.00. The van der Waals surface area contributed by atoms with E-state index in [1.807, 2.05) is 0 Å². The van der Waals surface area contributed by atoms with Gasteiger partial charge < -0.3 is 10.2 Å². The molecule has 0 bridgehead atoms. The predicted molar refractivity (Wildman–Crippen MR) is 91.6 cm³/mol. The molecule has 0 fully saturated rings. The first-order valence-corrected chi connectivity index (χ1v) is 7.94. The second-order valence-corrected chi connectivity index (χ2v) is 6.05. The Morgan fingerprint density at radius 3 is 2.48 bits per heavy atom. The molecule has 122 valence electrons. The third kappa shape index (κ3) is 3.95. The van der Waals surface area contributed by atoms with Gasteiger partial charge >= 0.3 is 5.69 Å². The molecule has 0 radical (unpaired) electrons. The Kier molecular flexibility index (Phi) is 5.85. The molecule has 0 aliphatic carbocycles. The minimum absolute atomic E-state index is 0.0823. The van der Waals surface area contributed by atoms with Crippen molar-refractivity contribution in [3.05, 3.63) is 66.5 Å². The van der Waals surface area contributed by atoms with Gasteiger partial charge in [-0.2, -0.15) is 4.57 Å². The van der Waals surface area contributed by atoms with Crippen molar-refractivity contribution >= 4 is 28.5 Å². The molecule has 0 aliphatic heterocycles. The van der Waals surface area contributed by atoms with Crippen molar-refractivity contribution < 1.29 is 15.0 Å². The van der Waals surface area contributed by atoms with Crippen molar-refractivity contribution in [1.29, 1.82) is 0 Å². The Morgan fingerprint density at radius 1 is 1.22 bits per heavy atom. The Hall–Kier alpha value is -1.78. The van der Waals surface area contributed by atoms with Gasteiger partial charge in [0.1, 0.15) is 0 Å². The molecule has 1 unspecified atom stereocenters. The van der Waals surface area contributed by atoms with E-state index in [4.69, 9.17) is 5.11 Å². The van der Waals surface area contributed by atoms with Gasteiger partial charge in [-0.15, -0.1) is 0 Å². The molecule has 2 aromatic rings. The molecule has 8 heteroatoms. The van der Waals surface area contributed by atoms with E-state index in [-0.39, 0.29) is 22.1 Å². The smallest absolute Gasteiger partial charge is 0.338 e. The second kappa shape index (κ2) is 7.66. The number of aromatic nitrogens is 2. The lowest BCUT2D eigenvalue weighted by atomic mass is 10.2. The third-order valence-electron chi connectivity index (χ3n) is 3.25. The summed E-state index contributed by atoms with van der Waals surface area (Å²) in [7, 11) is 0. The number of hydrogen-bond acceptors (Lipinski definition) is 5. The third-order valence-corrected chi connectivity index (χ3v) is 3.99. The number of aliphatic hydroxyl groups excluding tert-OH is 2. The van der Waals surface area contributed by atoms with Crippen LogP contribution in [0.2, 0.25) is 0 Å². The molecule has 0 aliphatic rings. The first-order chi connectivity index (χ1) is 11.0. The van der Waals surface area contributed by atoms with Gasteiger partial charge in [0.25, 0.3) is 11.5 Å². The molecule has 0 saturated carbocycles. The van der Waals surface area contributed by atoms with E-state index in [1.54, 1.807) is 40.8 Å². The molecule has 1 atom stereocenters. The maximum atomic E-state index is 12.4. The lowest BCUT2D eigenvalue weighted by Crippen LogP contribution is -2.45. The Morgan fingerprint density at radius 2 is 1.87 bits per heavy atom. The predicted octanol–water partition coefficient (Wildman–Crippen LogP) is 0.0464. The number of nitrogens with zero attached hydrogens (tertiary/aromatic N) is 2. The molecule has 1 aromatic carbocycles. The highest BCUT2D eigenvalue weighted by atomic mass is 127. The Labute approximate surface area is 145 Å². The van der Waals surface area contributed by atoms with E-state index in [0.717, 1.165) is 0 Å². The molecular formula is C15H15IN2O5. The van der Waals surface area contributed by atoms with Crippen LogP contribution in [-0.4, -0.2) is 38.0 Å². The van der Waals surface area contributed by atoms with Gasteiger partial charge in [0.15, 0.2) is 0 Å². The molecule has 7 nitrogen and oxygen atoms in total. The standard InChI is InChI=1S/C15H15IN2O5/c16-12-8-17(7-6-11(20)9-19)15(23)18(14(12)22)13(21)10-4-2-1-3-5-10/h1-5,8,11,19-20H,6-7,9H2. The summed E-state index contributed by atoms with van der Waals surface area (Å²) in [4.78, 5) is 37.0. The summed E-state index contributed by atoms with van der Waals surface area (Å²) in [5.41, 5.74) is -1.21. The largest absolute Gasteiger partial charge is 0.394 e. The van der Waals surface area contributed by atoms with Crippen LogP contribution in [0.15, 0.2) is 46.1 Å². The zero-order valence-corrected chi connectivity index (χ0v) is 14.2. The highest BCUT2D eigenvalue weighted by Crippen LogP contribution is 2.02. The minimum Gasteiger partial charge on any atom is -0.394 e. The van der Waals surface area contributed by atoms with Gasteiger partial charge in [0.2, 0.25) is 0 Å². The number of aryl methyl sites for hydroxylation is 1. The minimum atomic E-state index is -0.968. The van der Waals surface area contributed by atoms with Gasteiger partial charge in [-0.25, -0.2) is 4.79 Å². The van der Waals surface area contributed by atoms with Crippen molar-refractivity contribution in [2.24, 2.45) is 0 Å². The van der Waals surface area contributed by atoms with Crippen LogP contribution >= 0.6 is 22.6 Å². The molecule has 2 rings (SSSR count). The summed E-state index contributed by atoms with van der Waals surface area (Å²) in [6.45, 7) is -0.340. The quantitative estimate of drug-likeness (QED) is 0.653. The zero-order valence-electron chi connectivity index (χ0n) is 12.1. The van der Waals surface area contributed by atoms with E-state index < -0.39 is 29.9 Å². The summed E-state index contributed by atoms with van der Waals surface area (Å²) < 4.78 is 1.98. The normalized spacial score (nSPS) is 12.1. The van der Waals surface area contributed by atoms with Crippen LogP contribution in [0.25, 0.3) is 0 Å². The van der Waals surface area contributed by atoms with Crippen molar-refractivity contribution in [1.82, 2.24) is 9.13 Å².